The van der Waals surface area contributed by atoms with Crippen LogP contribution in [0, 0.1) is 0 Å². The quantitative estimate of drug-likeness (QED) is 0.790. The molecule has 94 valence electrons. The van der Waals surface area contributed by atoms with Crippen LogP contribution < -0.4 is 10.9 Å². The number of aromatic nitrogens is 4. The number of amides is 1. The Bertz CT molecular complexity index is 601. The summed E-state index contributed by atoms with van der Waals surface area (Å²) in [4.78, 5) is 25.3. The Kier molecular flexibility index (Phi) is 3.52. The van der Waals surface area contributed by atoms with Crippen LogP contribution in [-0.2, 0) is 13.1 Å². The number of hydrogen-bond donors (Lipinski definition) is 2. The molecule has 18 heavy (non-hydrogen) atoms. The summed E-state index contributed by atoms with van der Waals surface area (Å²) in [6.07, 6.45) is 3.04. The van der Waals surface area contributed by atoms with Gasteiger partial charge in [-0.25, -0.2) is 0 Å². The molecule has 0 aliphatic carbocycles. The average molecular weight is 247 g/mol. The van der Waals surface area contributed by atoms with E-state index in [2.05, 4.69) is 20.5 Å². The van der Waals surface area contributed by atoms with E-state index in [4.69, 9.17) is 0 Å². The third-order valence-electron chi connectivity index (χ3n) is 2.48. The van der Waals surface area contributed by atoms with Crippen molar-refractivity contribution in [3.05, 3.63) is 46.4 Å². The van der Waals surface area contributed by atoms with Crippen molar-refractivity contribution in [1.82, 2.24) is 25.1 Å². The number of carbonyl (C=O) groups excluding carboxylic acids is 1. The molecular weight excluding hydrogens is 234 g/mol. The Balaban J connectivity index is 2.03. The highest BCUT2D eigenvalue weighted by Crippen LogP contribution is 1.97. The molecule has 7 nitrogen and oxygen atoms in total. The van der Waals surface area contributed by atoms with Gasteiger partial charge in [-0.2, -0.15) is 0 Å². The Morgan fingerprint density at radius 2 is 2.39 bits per heavy atom. The minimum atomic E-state index is -0.313. The second-order valence-electron chi connectivity index (χ2n) is 3.66. The predicted molar refractivity (Wildman–Crippen MR) is 63.9 cm³/mol. The second-order valence-corrected chi connectivity index (χ2v) is 3.66. The van der Waals surface area contributed by atoms with Crippen molar-refractivity contribution < 1.29 is 4.79 Å². The fourth-order valence-electron chi connectivity index (χ4n) is 1.53. The monoisotopic (exact) mass is 247 g/mol. The predicted octanol–water partition coefficient (Wildman–Crippen LogP) is -0.0837. The van der Waals surface area contributed by atoms with Gasteiger partial charge in [-0.1, -0.05) is 0 Å². The standard InChI is InChI=1S/C11H13N5O2/c1-2-16-7-14-15-9(16)6-13-11(18)8-3-4-12-10(17)5-8/h3-5,7H,2,6H2,1H3,(H,12,17)(H,13,18). The fraction of sp³-hybridized carbons (Fsp3) is 0.273. The Morgan fingerprint density at radius 1 is 1.56 bits per heavy atom. The summed E-state index contributed by atoms with van der Waals surface area (Å²) in [5.74, 6) is 0.363. The number of aromatic amines is 1. The van der Waals surface area contributed by atoms with Crippen LogP contribution in [0.2, 0.25) is 0 Å². The number of H-pyrrole nitrogens is 1. The summed E-state index contributed by atoms with van der Waals surface area (Å²) >= 11 is 0. The topological polar surface area (TPSA) is 92.7 Å². The van der Waals surface area contributed by atoms with Crippen molar-refractivity contribution in [2.45, 2.75) is 20.0 Å². The van der Waals surface area contributed by atoms with Gasteiger partial charge in [-0.15, -0.1) is 10.2 Å². The van der Waals surface area contributed by atoms with Gasteiger partial charge in [0.25, 0.3) is 5.91 Å². The largest absolute Gasteiger partial charge is 0.345 e. The summed E-state index contributed by atoms with van der Waals surface area (Å²) < 4.78 is 1.83. The van der Waals surface area contributed by atoms with Gasteiger partial charge in [0.15, 0.2) is 5.82 Å². The molecule has 2 N–H and O–H groups in total. The van der Waals surface area contributed by atoms with Crippen molar-refractivity contribution in [2.75, 3.05) is 0 Å². The molecule has 0 saturated heterocycles. The number of nitrogens with one attached hydrogen (secondary N) is 2. The highest BCUT2D eigenvalue weighted by atomic mass is 16.2. The van der Waals surface area contributed by atoms with Crippen LogP contribution in [0.4, 0.5) is 0 Å². The molecule has 0 aromatic carbocycles. The van der Waals surface area contributed by atoms with Crippen LogP contribution >= 0.6 is 0 Å². The Morgan fingerprint density at radius 3 is 3.11 bits per heavy atom. The molecule has 2 aromatic heterocycles. The molecule has 0 aliphatic heterocycles. The van der Waals surface area contributed by atoms with Crippen molar-refractivity contribution in [3.8, 4) is 0 Å². The van der Waals surface area contributed by atoms with Gasteiger partial charge in [0.2, 0.25) is 5.56 Å². The van der Waals surface area contributed by atoms with E-state index in [1.165, 1.54) is 12.3 Å². The van der Waals surface area contributed by atoms with E-state index >= 15 is 0 Å². The number of nitrogens with zero attached hydrogens (tertiary/aromatic N) is 3. The first-order valence-corrected chi connectivity index (χ1v) is 5.54. The number of aryl methyl sites for hydroxylation is 1. The van der Waals surface area contributed by atoms with E-state index in [9.17, 15) is 9.59 Å². The molecule has 0 unspecified atom stereocenters. The third-order valence-corrected chi connectivity index (χ3v) is 2.48. The normalized spacial score (nSPS) is 10.3. The van der Waals surface area contributed by atoms with E-state index in [0.717, 1.165) is 6.54 Å². The maximum absolute atomic E-state index is 11.8. The SMILES string of the molecule is CCn1cnnc1CNC(=O)c1cc[nH]c(=O)c1. The van der Waals surface area contributed by atoms with Crippen molar-refractivity contribution in [2.24, 2.45) is 0 Å². The van der Waals surface area contributed by atoms with E-state index in [1.54, 1.807) is 12.4 Å². The molecule has 0 fully saturated rings. The van der Waals surface area contributed by atoms with Crippen LogP contribution in [0.3, 0.4) is 0 Å². The minimum absolute atomic E-state index is 0.277. The smallest absolute Gasteiger partial charge is 0.251 e. The average Bonchev–Trinajstić information content (AvgIpc) is 2.83. The van der Waals surface area contributed by atoms with Gasteiger partial charge >= 0.3 is 0 Å². The molecule has 0 spiro atoms. The van der Waals surface area contributed by atoms with Crippen LogP contribution in [0.15, 0.2) is 29.5 Å². The molecule has 0 saturated carbocycles. The van der Waals surface area contributed by atoms with Gasteiger partial charge in [0, 0.05) is 24.4 Å². The summed E-state index contributed by atoms with van der Waals surface area (Å²) in [6.45, 7) is 2.98. The number of rotatable bonds is 4. The van der Waals surface area contributed by atoms with E-state index < -0.39 is 0 Å². The molecule has 7 heteroatoms. The maximum Gasteiger partial charge on any atom is 0.251 e. The third kappa shape index (κ3) is 2.62. The summed E-state index contributed by atoms with van der Waals surface area (Å²) in [7, 11) is 0. The fourth-order valence-corrected chi connectivity index (χ4v) is 1.53. The number of hydrogen-bond acceptors (Lipinski definition) is 4. The Hall–Kier alpha value is -2.44. The highest BCUT2D eigenvalue weighted by molar-refractivity contribution is 5.93. The molecule has 1 amide bonds. The van der Waals surface area contributed by atoms with Gasteiger partial charge < -0.3 is 14.9 Å². The maximum atomic E-state index is 11.8. The lowest BCUT2D eigenvalue weighted by Crippen LogP contribution is -2.25. The first kappa shape index (κ1) is 12.0. The zero-order valence-corrected chi connectivity index (χ0v) is 9.88. The first-order valence-electron chi connectivity index (χ1n) is 5.54. The molecule has 0 aliphatic rings. The lowest BCUT2D eigenvalue weighted by molar-refractivity contribution is 0.0949. The molecular formula is C11H13N5O2. The molecule has 0 radical (unpaired) electrons. The minimum Gasteiger partial charge on any atom is -0.345 e. The van der Waals surface area contributed by atoms with E-state index in [1.807, 2.05) is 11.5 Å². The zero-order chi connectivity index (χ0) is 13.0. The molecule has 2 heterocycles. The summed E-state index contributed by atoms with van der Waals surface area (Å²) in [5.41, 5.74) is 0.0145. The van der Waals surface area contributed by atoms with Crippen molar-refractivity contribution in [1.29, 1.82) is 0 Å². The second kappa shape index (κ2) is 5.26. The van der Waals surface area contributed by atoms with Crippen molar-refractivity contribution in [3.63, 3.8) is 0 Å². The van der Waals surface area contributed by atoms with E-state index in [-0.39, 0.29) is 18.0 Å². The van der Waals surface area contributed by atoms with Gasteiger partial charge in [0.05, 0.1) is 6.54 Å². The molecule has 0 atom stereocenters. The molecule has 0 bridgehead atoms. The van der Waals surface area contributed by atoms with Crippen LogP contribution in [0.1, 0.15) is 23.1 Å². The molecule has 2 rings (SSSR count). The van der Waals surface area contributed by atoms with Crippen LogP contribution in [0.25, 0.3) is 0 Å². The van der Waals surface area contributed by atoms with Crippen LogP contribution in [-0.4, -0.2) is 25.7 Å². The number of carbonyl (C=O) groups is 1. The van der Waals surface area contributed by atoms with Gasteiger partial charge in [-0.3, -0.25) is 9.59 Å². The van der Waals surface area contributed by atoms with Crippen LogP contribution in [0.5, 0.6) is 0 Å². The highest BCUT2D eigenvalue weighted by Gasteiger charge is 2.08. The Labute approximate surface area is 103 Å². The van der Waals surface area contributed by atoms with Gasteiger partial charge in [-0.05, 0) is 13.0 Å². The van der Waals surface area contributed by atoms with Crippen molar-refractivity contribution >= 4 is 5.91 Å². The summed E-state index contributed by atoms with van der Waals surface area (Å²) in [5, 5.41) is 10.4. The number of pyridine rings is 1. The summed E-state index contributed by atoms with van der Waals surface area (Å²) in [6, 6.07) is 2.79. The van der Waals surface area contributed by atoms with Gasteiger partial charge in [0.1, 0.15) is 6.33 Å². The molecule has 2 aromatic rings. The first-order chi connectivity index (χ1) is 8.70. The lowest BCUT2D eigenvalue weighted by Gasteiger charge is -2.05. The zero-order valence-electron chi connectivity index (χ0n) is 9.88. The van der Waals surface area contributed by atoms with E-state index in [0.29, 0.717) is 11.4 Å². The lowest BCUT2D eigenvalue weighted by atomic mass is 10.2.